The van der Waals surface area contributed by atoms with Crippen LogP contribution in [0.25, 0.3) is 0 Å². The number of hydrogen-bond acceptors (Lipinski definition) is 4. The maximum Gasteiger partial charge on any atom is 0.224 e. The summed E-state index contributed by atoms with van der Waals surface area (Å²) in [5.41, 5.74) is 1.64. The molecule has 1 heterocycles. The van der Waals surface area contributed by atoms with E-state index < -0.39 is 0 Å². The summed E-state index contributed by atoms with van der Waals surface area (Å²) in [5.74, 6) is 0.635. The van der Waals surface area contributed by atoms with Crippen molar-refractivity contribution in [3.8, 4) is 5.75 Å². The fourth-order valence-corrected chi connectivity index (χ4v) is 3.27. The lowest BCUT2D eigenvalue weighted by molar-refractivity contribution is -0.120. The van der Waals surface area contributed by atoms with Crippen molar-refractivity contribution in [2.45, 2.75) is 6.42 Å². The van der Waals surface area contributed by atoms with Gasteiger partial charge in [0.2, 0.25) is 5.91 Å². The number of rotatable bonds is 7. The fraction of sp³-hybridized carbons (Fsp3) is 0.381. The number of piperazine rings is 1. The number of hydrogen-bond donors (Lipinski definition) is 1. The molecule has 0 bridgehead atoms. The highest BCUT2D eigenvalue weighted by Gasteiger charge is 2.19. The first kappa shape index (κ1) is 19.2. The second-order valence-electron chi connectivity index (χ2n) is 6.65. The highest BCUT2D eigenvalue weighted by atomic mass is 19.1. The molecule has 0 unspecified atom stereocenters. The van der Waals surface area contributed by atoms with Crippen molar-refractivity contribution in [2.24, 2.45) is 0 Å². The molecule has 6 heteroatoms. The predicted octanol–water partition coefficient (Wildman–Crippen LogP) is 2.32. The predicted molar refractivity (Wildman–Crippen MR) is 105 cm³/mol. The highest BCUT2D eigenvalue weighted by molar-refractivity contribution is 5.78. The molecule has 0 radical (unpaired) electrons. The van der Waals surface area contributed by atoms with Crippen LogP contribution >= 0.6 is 0 Å². The number of nitrogens with zero attached hydrogens (tertiary/aromatic N) is 2. The first-order valence-electron chi connectivity index (χ1n) is 9.27. The molecule has 0 aromatic heterocycles. The lowest BCUT2D eigenvalue weighted by Crippen LogP contribution is -2.48. The number of carbonyl (C=O) groups is 1. The van der Waals surface area contributed by atoms with E-state index in [1.807, 2.05) is 36.4 Å². The smallest absolute Gasteiger partial charge is 0.224 e. The van der Waals surface area contributed by atoms with Crippen LogP contribution in [0.15, 0.2) is 48.5 Å². The first-order chi connectivity index (χ1) is 13.2. The maximum atomic E-state index is 13.9. The largest absolute Gasteiger partial charge is 0.497 e. The SMILES string of the molecule is COc1ccc(CC(=O)NCCN2CCN(c3ccccc3F)CC2)cc1. The number of nitrogens with one attached hydrogen (secondary N) is 1. The van der Waals surface area contributed by atoms with Crippen LogP contribution in [0.1, 0.15) is 5.56 Å². The van der Waals surface area contributed by atoms with Gasteiger partial charge in [-0.2, -0.15) is 0 Å². The van der Waals surface area contributed by atoms with Crippen LogP contribution in [0.5, 0.6) is 5.75 Å². The number of para-hydroxylation sites is 1. The van der Waals surface area contributed by atoms with Crippen molar-refractivity contribution >= 4 is 11.6 Å². The van der Waals surface area contributed by atoms with Crippen LogP contribution in [0, 0.1) is 5.82 Å². The molecule has 2 aromatic rings. The quantitative estimate of drug-likeness (QED) is 0.811. The van der Waals surface area contributed by atoms with Crippen molar-refractivity contribution < 1.29 is 13.9 Å². The third kappa shape index (κ3) is 5.44. The molecule has 144 valence electrons. The standard InChI is InChI=1S/C21H26FN3O2/c1-27-18-8-6-17(7-9-18)16-21(26)23-10-11-24-12-14-25(15-13-24)20-5-3-2-4-19(20)22/h2-9H,10-16H2,1H3,(H,23,26). The van der Waals surface area contributed by atoms with Gasteiger partial charge < -0.3 is 15.0 Å². The number of halogens is 1. The van der Waals surface area contributed by atoms with E-state index in [-0.39, 0.29) is 11.7 Å². The Morgan fingerprint density at radius 2 is 1.78 bits per heavy atom. The van der Waals surface area contributed by atoms with Gasteiger partial charge in [-0.15, -0.1) is 0 Å². The summed E-state index contributed by atoms with van der Waals surface area (Å²) in [5, 5.41) is 2.97. The van der Waals surface area contributed by atoms with Gasteiger partial charge in [-0.05, 0) is 29.8 Å². The van der Waals surface area contributed by atoms with E-state index in [2.05, 4.69) is 15.1 Å². The van der Waals surface area contributed by atoms with Crippen molar-refractivity contribution in [1.82, 2.24) is 10.2 Å². The number of carbonyl (C=O) groups excluding carboxylic acids is 1. The lowest BCUT2D eigenvalue weighted by atomic mass is 10.1. The molecule has 5 nitrogen and oxygen atoms in total. The number of amides is 1. The second-order valence-corrected chi connectivity index (χ2v) is 6.65. The number of ether oxygens (including phenoxy) is 1. The molecule has 1 aliphatic rings. The normalized spacial score (nSPS) is 14.8. The van der Waals surface area contributed by atoms with Gasteiger partial charge in [-0.3, -0.25) is 9.69 Å². The van der Waals surface area contributed by atoms with Gasteiger partial charge >= 0.3 is 0 Å². The molecule has 0 spiro atoms. The van der Waals surface area contributed by atoms with Gasteiger partial charge in [0.25, 0.3) is 0 Å². The summed E-state index contributed by atoms with van der Waals surface area (Å²) in [7, 11) is 1.62. The Bertz CT molecular complexity index is 743. The number of benzene rings is 2. The molecule has 1 amide bonds. The fourth-order valence-electron chi connectivity index (χ4n) is 3.27. The average molecular weight is 371 g/mol. The van der Waals surface area contributed by atoms with Crippen LogP contribution < -0.4 is 15.0 Å². The molecular weight excluding hydrogens is 345 g/mol. The van der Waals surface area contributed by atoms with Crippen LogP contribution in [-0.2, 0) is 11.2 Å². The van der Waals surface area contributed by atoms with Crippen LogP contribution in [0.2, 0.25) is 0 Å². The summed E-state index contributed by atoms with van der Waals surface area (Å²) in [4.78, 5) is 16.4. The van der Waals surface area contributed by atoms with Crippen LogP contribution in [0.4, 0.5) is 10.1 Å². The Balaban J connectivity index is 1.36. The zero-order valence-corrected chi connectivity index (χ0v) is 15.7. The van der Waals surface area contributed by atoms with Crippen LogP contribution in [0.3, 0.4) is 0 Å². The zero-order valence-electron chi connectivity index (χ0n) is 15.7. The molecule has 3 rings (SSSR count). The number of methoxy groups -OCH3 is 1. The summed E-state index contributed by atoms with van der Waals surface area (Å²) in [6, 6.07) is 14.4. The molecule has 1 saturated heterocycles. The van der Waals surface area contributed by atoms with E-state index >= 15 is 0 Å². The Morgan fingerprint density at radius 3 is 2.44 bits per heavy atom. The highest BCUT2D eigenvalue weighted by Crippen LogP contribution is 2.19. The van der Waals surface area contributed by atoms with Gasteiger partial charge in [0.1, 0.15) is 11.6 Å². The molecule has 0 saturated carbocycles. The Labute approximate surface area is 159 Å². The lowest BCUT2D eigenvalue weighted by Gasteiger charge is -2.36. The Morgan fingerprint density at radius 1 is 1.07 bits per heavy atom. The number of anilines is 1. The summed E-state index contributed by atoms with van der Waals surface area (Å²) < 4.78 is 19.0. The van der Waals surface area contributed by atoms with Crippen molar-refractivity contribution in [2.75, 3.05) is 51.3 Å². The third-order valence-corrected chi connectivity index (χ3v) is 4.84. The minimum atomic E-state index is -0.170. The Kier molecular flexibility index (Phi) is 6.65. The van der Waals surface area contributed by atoms with Gasteiger partial charge in [0.05, 0.1) is 19.2 Å². The molecule has 2 aromatic carbocycles. The molecule has 1 N–H and O–H groups in total. The minimum absolute atomic E-state index is 0.0187. The van der Waals surface area contributed by atoms with E-state index in [0.29, 0.717) is 18.7 Å². The Hall–Kier alpha value is -2.60. The van der Waals surface area contributed by atoms with E-state index in [0.717, 1.165) is 44.0 Å². The van der Waals surface area contributed by atoms with Gasteiger partial charge in [0.15, 0.2) is 0 Å². The van der Waals surface area contributed by atoms with Crippen molar-refractivity contribution in [3.63, 3.8) is 0 Å². The van der Waals surface area contributed by atoms with E-state index in [1.165, 1.54) is 6.07 Å². The molecule has 27 heavy (non-hydrogen) atoms. The van der Waals surface area contributed by atoms with Gasteiger partial charge in [-0.1, -0.05) is 24.3 Å². The van der Waals surface area contributed by atoms with E-state index in [4.69, 9.17) is 4.74 Å². The molecule has 0 atom stereocenters. The summed E-state index contributed by atoms with van der Waals surface area (Å²) >= 11 is 0. The van der Waals surface area contributed by atoms with E-state index in [9.17, 15) is 9.18 Å². The second kappa shape index (κ2) is 9.37. The topological polar surface area (TPSA) is 44.8 Å². The van der Waals surface area contributed by atoms with Crippen molar-refractivity contribution in [1.29, 1.82) is 0 Å². The summed E-state index contributed by atoms with van der Waals surface area (Å²) in [6.07, 6.45) is 0.366. The maximum absolute atomic E-state index is 13.9. The van der Waals surface area contributed by atoms with Crippen LogP contribution in [-0.4, -0.2) is 57.2 Å². The minimum Gasteiger partial charge on any atom is -0.497 e. The summed E-state index contributed by atoms with van der Waals surface area (Å²) in [6.45, 7) is 4.74. The first-order valence-corrected chi connectivity index (χ1v) is 9.27. The van der Waals surface area contributed by atoms with Crippen molar-refractivity contribution in [3.05, 3.63) is 59.9 Å². The molecule has 1 aliphatic heterocycles. The molecule has 1 fully saturated rings. The average Bonchev–Trinajstić information content (AvgIpc) is 2.70. The van der Waals surface area contributed by atoms with E-state index in [1.54, 1.807) is 13.2 Å². The molecular formula is C21H26FN3O2. The zero-order chi connectivity index (χ0) is 19.1. The molecule has 0 aliphatic carbocycles. The van der Waals surface area contributed by atoms with Gasteiger partial charge in [-0.25, -0.2) is 4.39 Å². The monoisotopic (exact) mass is 371 g/mol. The van der Waals surface area contributed by atoms with Gasteiger partial charge in [0, 0.05) is 39.3 Å². The third-order valence-electron chi connectivity index (χ3n) is 4.84.